The van der Waals surface area contributed by atoms with Gasteiger partial charge in [-0.25, -0.2) is 14.8 Å². The monoisotopic (exact) mass is 494 g/mol. The lowest BCUT2D eigenvalue weighted by molar-refractivity contribution is 0.0696. The number of aromatic carboxylic acids is 1. The van der Waals surface area contributed by atoms with Gasteiger partial charge in [-0.05, 0) is 60.0 Å². The lowest BCUT2D eigenvalue weighted by atomic mass is 10.0. The lowest BCUT2D eigenvalue weighted by Crippen LogP contribution is -2.02. The van der Waals surface area contributed by atoms with E-state index in [0.29, 0.717) is 17.1 Å². The Morgan fingerprint density at radius 2 is 1.31 bits per heavy atom. The van der Waals surface area contributed by atoms with Gasteiger partial charge in [-0.2, -0.15) is 0 Å². The highest BCUT2D eigenvalue weighted by Gasteiger charge is 2.14. The summed E-state index contributed by atoms with van der Waals surface area (Å²) in [5.41, 5.74) is 5.54. The average Bonchev–Trinajstić information content (AvgIpc) is 3.40. The van der Waals surface area contributed by atoms with Crippen molar-refractivity contribution in [1.82, 2.24) is 9.97 Å². The van der Waals surface area contributed by atoms with E-state index in [0.717, 1.165) is 36.4 Å². The highest BCUT2D eigenvalue weighted by atomic mass is 32.2. The fraction of sp³-hybridized carbons (Fsp3) is 0.125. The van der Waals surface area contributed by atoms with Crippen LogP contribution in [0.4, 0.5) is 0 Å². The largest absolute Gasteiger partial charge is 0.478 e. The van der Waals surface area contributed by atoms with Crippen molar-refractivity contribution in [1.29, 1.82) is 0 Å². The molecule has 0 saturated heterocycles. The molecular formula is C24H18N2O2S4. The maximum absolute atomic E-state index is 11.8. The molecule has 32 heavy (non-hydrogen) atoms. The third kappa shape index (κ3) is 4.54. The number of carboxylic acid groups (broad SMARTS) is 1. The predicted molar refractivity (Wildman–Crippen MR) is 137 cm³/mol. The zero-order valence-electron chi connectivity index (χ0n) is 17.1. The Kier molecular flexibility index (Phi) is 6.19. The number of nitrogens with zero attached hydrogens (tertiary/aromatic N) is 2. The van der Waals surface area contributed by atoms with Gasteiger partial charge in [0.15, 0.2) is 8.68 Å². The predicted octanol–water partition coefficient (Wildman–Crippen LogP) is 7.50. The van der Waals surface area contributed by atoms with Gasteiger partial charge >= 0.3 is 5.97 Å². The number of carboxylic acids is 1. The molecule has 3 aromatic carbocycles. The van der Waals surface area contributed by atoms with Crippen LogP contribution in [0.1, 0.15) is 27.0 Å². The Morgan fingerprint density at radius 1 is 0.844 bits per heavy atom. The molecule has 0 amide bonds. The fourth-order valence-electron chi connectivity index (χ4n) is 3.37. The molecule has 0 spiro atoms. The summed E-state index contributed by atoms with van der Waals surface area (Å²) in [5.74, 6) is 0.472. The molecule has 0 bridgehead atoms. The van der Waals surface area contributed by atoms with Crippen molar-refractivity contribution in [2.45, 2.75) is 27.1 Å². The van der Waals surface area contributed by atoms with Crippen molar-refractivity contribution in [3.63, 3.8) is 0 Å². The minimum Gasteiger partial charge on any atom is -0.478 e. The van der Waals surface area contributed by atoms with Crippen LogP contribution < -0.4 is 0 Å². The van der Waals surface area contributed by atoms with Gasteiger partial charge in [0.25, 0.3) is 0 Å². The van der Waals surface area contributed by atoms with E-state index in [1.54, 1.807) is 58.3 Å². The molecule has 5 rings (SSSR count). The van der Waals surface area contributed by atoms with E-state index in [-0.39, 0.29) is 0 Å². The second kappa shape index (κ2) is 9.23. The summed E-state index contributed by atoms with van der Waals surface area (Å²) in [6.45, 7) is 2.08. The molecule has 0 aliphatic carbocycles. The minimum atomic E-state index is -0.900. The van der Waals surface area contributed by atoms with E-state index < -0.39 is 5.97 Å². The zero-order valence-corrected chi connectivity index (χ0v) is 20.3. The van der Waals surface area contributed by atoms with Crippen LogP contribution in [-0.4, -0.2) is 21.0 Å². The van der Waals surface area contributed by atoms with Crippen molar-refractivity contribution < 1.29 is 9.90 Å². The van der Waals surface area contributed by atoms with Crippen LogP contribution in [-0.2, 0) is 11.5 Å². The number of thioether (sulfide) groups is 2. The molecule has 4 nitrogen and oxygen atoms in total. The minimum absolute atomic E-state index is 0.329. The summed E-state index contributed by atoms with van der Waals surface area (Å²) in [6, 6.07) is 19.8. The molecular weight excluding hydrogens is 477 g/mol. The van der Waals surface area contributed by atoms with Crippen LogP contribution in [0.15, 0.2) is 69.3 Å². The van der Waals surface area contributed by atoms with Crippen molar-refractivity contribution in [3.8, 4) is 0 Å². The first-order valence-corrected chi connectivity index (χ1v) is 13.5. The topological polar surface area (TPSA) is 63.1 Å². The molecule has 160 valence electrons. The molecule has 2 aromatic heterocycles. The van der Waals surface area contributed by atoms with Crippen LogP contribution >= 0.6 is 46.2 Å². The number of rotatable bonds is 7. The molecule has 1 N–H and O–H groups in total. The van der Waals surface area contributed by atoms with Crippen molar-refractivity contribution in [2.75, 3.05) is 0 Å². The number of hydrogen-bond acceptors (Lipinski definition) is 7. The Hall–Kier alpha value is -2.39. The van der Waals surface area contributed by atoms with Crippen LogP contribution in [0.3, 0.4) is 0 Å². The summed E-state index contributed by atoms with van der Waals surface area (Å²) < 4.78 is 4.33. The second-order valence-electron chi connectivity index (χ2n) is 7.20. The molecule has 0 unspecified atom stereocenters. The molecule has 5 aromatic rings. The number of para-hydroxylation sites is 2. The Balaban J connectivity index is 1.37. The molecule has 0 saturated carbocycles. The van der Waals surface area contributed by atoms with Crippen molar-refractivity contribution in [2.24, 2.45) is 0 Å². The van der Waals surface area contributed by atoms with Gasteiger partial charge in [0.1, 0.15) is 0 Å². The quantitative estimate of drug-likeness (QED) is 0.236. The van der Waals surface area contributed by atoms with Gasteiger partial charge < -0.3 is 5.11 Å². The molecule has 2 heterocycles. The number of carbonyl (C=O) groups is 1. The zero-order chi connectivity index (χ0) is 22.1. The normalized spacial score (nSPS) is 11.4. The van der Waals surface area contributed by atoms with E-state index in [1.165, 1.54) is 9.40 Å². The summed E-state index contributed by atoms with van der Waals surface area (Å²) >= 11 is 6.66. The van der Waals surface area contributed by atoms with Crippen LogP contribution in [0.5, 0.6) is 0 Å². The summed E-state index contributed by atoms with van der Waals surface area (Å²) in [7, 11) is 0. The first-order chi connectivity index (χ1) is 15.6. The maximum atomic E-state index is 11.8. The van der Waals surface area contributed by atoms with E-state index in [4.69, 9.17) is 0 Å². The van der Waals surface area contributed by atoms with Crippen LogP contribution in [0.2, 0.25) is 0 Å². The highest BCUT2D eigenvalue weighted by Crippen LogP contribution is 2.35. The first kappa shape index (κ1) is 21.5. The van der Waals surface area contributed by atoms with E-state index in [1.807, 2.05) is 36.4 Å². The summed E-state index contributed by atoms with van der Waals surface area (Å²) in [6.07, 6.45) is 0. The third-order valence-corrected chi connectivity index (χ3v) is 9.58. The SMILES string of the molecule is Cc1c(CSc2nc3ccccc3s2)cc(C(=O)O)cc1CSc1nc2ccccc2s1. The Bertz CT molecular complexity index is 1280. The van der Waals surface area contributed by atoms with Crippen LogP contribution in [0.25, 0.3) is 20.4 Å². The molecule has 0 radical (unpaired) electrons. The third-order valence-electron chi connectivity index (χ3n) is 5.12. The molecule has 0 atom stereocenters. The Labute approximate surface area is 201 Å². The van der Waals surface area contributed by atoms with Crippen LogP contribution in [0, 0.1) is 6.92 Å². The van der Waals surface area contributed by atoms with E-state index in [9.17, 15) is 9.90 Å². The highest BCUT2D eigenvalue weighted by molar-refractivity contribution is 8.00. The van der Waals surface area contributed by atoms with E-state index in [2.05, 4.69) is 29.0 Å². The lowest BCUT2D eigenvalue weighted by Gasteiger charge is -2.12. The van der Waals surface area contributed by atoms with Crippen molar-refractivity contribution >= 4 is 72.6 Å². The summed E-state index contributed by atoms with van der Waals surface area (Å²) in [4.78, 5) is 21.1. The number of hydrogen-bond donors (Lipinski definition) is 1. The van der Waals surface area contributed by atoms with E-state index >= 15 is 0 Å². The number of thiazole rings is 2. The molecule has 0 aliphatic heterocycles. The summed E-state index contributed by atoms with van der Waals surface area (Å²) in [5, 5.41) is 9.65. The van der Waals surface area contributed by atoms with Gasteiger partial charge in [0.2, 0.25) is 0 Å². The first-order valence-electron chi connectivity index (χ1n) is 9.89. The number of benzene rings is 3. The standard InChI is InChI=1S/C24H18N2O2S4/c1-14-16(12-29-23-25-18-6-2-4-8-20(18)31-23)10-15(22(27)28)11-17(14)13-30-24-26-19-7-3-5-9-21(19)32-24/h2-11H,12-13H2,1H3,(H,27,28). The molecule has 0 aliphatic rings. The average molecular weight is 495 g/mol. The van der Waals surface area contributed by atoms with Gasteiger partial charge in [0.05, 0.1) is 26.0 Å². The molecule has 8 heteroatoms. The number of fused-ring (bicyclic) bond motifs is 2. The maximum Gasteiger partial charge on any atom is 0.335 e. The Morgan fingerprint density at radius 3 is 1.75 bits per heavy atom. The van der Waals surface area contributed by atoms with Gasteiger partial charge in [0, 0.05) is 11.5 Å². The smallest absolute Gasteiger partial charge is 0.335 e. The van der Waals surface area contributed by atoms with Gasteiger partial charge in [-0.15, -0.1) is 22.7 Å². The number of aromatic nitrogens is 2. The van der Waals surface area contributed by atoms with Gasteiger partial charge in [-0.3, -0.25) is 0 Å². The van der Waals surface area contributed by atoms with Gasteiger partial charge in [-0.1, -0.05) is 47.8 Å². The molecule has 0 fully saturated rings. The van der Waals surface area contributed by atoms with Crippen molar-refractivity contribution in [3.05, 3.63) is 82.9 Å². The second-order valence-corrected chi connectivity index (χ2v) is 11.7. The fourth-order valence-corrected chi connectivity index (χ4v) is 7.61.